The summed E-state index contributed by atoms with van der Waals surface area (Å²) in [5.74, 6) is 0. The highest BCUT2D eigenvalue weighted by molar-refractivity contribution is 7.15. The molecule has 1 N–H and O–H groups in total. The summed E-state index contributed by atoms with van der Waals surface area (Å²) < 4.78 is 0. The number of hydrogen-bond donors (Lipinski definition) is 1. The molecule has 0 unspecified atom stereocenters. The van der Waals surface area contributed by atoms with Gasteiger partial charge in [0.25, 0.3) is 0 Å². The number of thiazole rings is 1. The Morgan fingerprint density at radius 3 is 2.58 bits per heavy atom. The minimum absolute atomic E-state index is 0.975. The second-order valence-corrected chi connectivity index (χ2v) is 6.13. The van der Waals surface area contributed by atoms with Gasteiger partial charge in [0.15, 0.2) is 5.13 Å². The fourth-order valence-corrected chi connectivity index (χ4v) is 3.04. The average Bonchev–Trinajstić information content (AvgIpc) is 2.80. The van der Waals surface area contributed by atoms with Crippen LogP contribution in [0.2, 0.25) is 0 Å². The molecule has 0 saturated carbocycles. The Morgan fingerprint density at radius 2 is 1.95 bits per heavy atom. The van der Waals surface area contributed by atoms with Gasteiger partial charge in [0, 0.05) is 25.0 Å². The van der Waals surface area contributed by atoms with E-state index in [4.69, 9.17) is 4.98 Å². The molecular formula is C15H29N3S. The number of nitrogens with one attached hydrogen (secondary N) is 1. The van der Waals surface area contributed by atoms with E-state index in [-0.39, 0.29) is 0 Å². The van der Waals surface area contributed by atoms with Gasteiger partial charge in [-0.25, -0.2) is 4.98 Å². The van der Waals surface area contributed by atoms with Crippen molar-refractivity contribution >= 4 is 16.5 Å². The topological polar surface area (TPSA) is 28.2 Å². The summed E-state index contributed by atoms with van der Waals surface area (Å²) >= 11 is 1.86. The van der Waals surface area contributed by atoms with Crippen LogP contribution in [-0.2, 0) is 13.0 Å². The molecule has 0 bridgehead atoms. The Kier molecular flexibility index (Phi) is 8.07. The third-order valence-electron chi connectivity index (χ3n) is 3.14. The van der Waals surface area contributed by atoms with E-state index in [1.165, 1.54) is 41.4 Å². The van der Waals surface area contributed by atoms with Gasteiger partial charge in [-0.2, -0.15) is 0 Å². The lowest BCUT2D eigenvalue weighted by Crippen LogP contribution is -2.17. The lowest BCUT2D eigenvalue weighted by Gasteiger charge is -2.14. The van der Waals surface area contributed by atoms with E-state index >= 15 is 0 Å². The number of hydrogen-bond acceptors (Lipinski definition) is 4. The Balaban J connectivity index is 2.69. The Bertz CT molecular complexity index is 349. The Hall–Kier alpha value is -0.610. The summed E-state index contributed by atoms with van der Waals surface area (Å²) in [4.78, 5) is 8.56. The summed E-state index contributed by atoms with van der Waals surface area (Å²) in [7, 11) is 2.16. The molecule has 1 aromatic rings. The second-order valence-electron chi connectivity index (χ2n) is 5.07. The predicted octanol–water partition coefficient (Wildman–Crippen LogP) is 3.83. The molecule has 0 radical (unpaired) electrons. The van der Waals surface area contributed by atoms with Crippen molar-refractivity contribution in [3.8, 4) is 0 Å². The maximum absolute atomic E-state index is 4.84. The summed E-state index contributed by atoms with van der Waals surface area (Å²) in [6.07, 6.45) is 5.93. The highest BCUT2D eigenvalue weighted by Gasteiger charge is 2.12. The molecule has 0 atom stereocenters. The smallest absolute Gasteiger partial charge is 0.185 e. The van der Waals surface area contributed by atoms with Crippen molar-refractivity contribution in [2.45, 2.75) is 59.4 Å². The van der Waals surface area contributed by atoms with Crippen molar-refractivity contribution in [3.63, 3.8) is 0 Å². The van der Waals surface area contributed by atoms with Gasteiger partial charge in [-0.1, -0.05) is 33.6 Å². The zero-order chi connectivity index (χ0) is 14.1. The van der Waals surface area contributed by atoms with Crippen LogP contribution in [0.1, 0.15) is 57.0 Å². The van der Waals surface area contributed by atoms with Gasteiger partial charge in [0.2, 0.25) is 0 Å². The molecular weight excluding hydrogens is 254 g/mol. The second kappa shape index (κ2) is 9.32. The number of rotatable bonds is 10. The fraction of sp³-hybridized carbons (Fsp3) is 0.800. The number of aromatic nitrogens is 1. The summed E-state index contributed by atoms with van der Waals surface area (Å²) in [5, 5.41) is 4.68. The average molecular weight is 283 g/mol. The maximum atomic E-state index is 4.84. The van der Waals surface area contributed by atoms with Gasteiger partial charge in [-0.3, -0.25) is 0 Å². The minimum Gasteiger partial charge on any atom is -0.351 e. The van der Waals surface area contributed by atoms with E-state index in [0.29, 0.717) is 0 Å². The standard InChI is InChI=1S/C15H29N3S/c1-5-8-11-18(4)15-17-13(9-6-2)14(19-15)12-16-10-7-3/h16H,5-12H2,1-4H3. The molecule has 0 spiro atoms. The van der Waals surface area contributed by atoms with Crippen LogP contribution in [0.4, 0.5) is 5.13 Å². The molecule has 3 nitrogen and oxygen atoms in total. The lowest BCUT2D eigenvalue weighted by atomic mass is 10.2. The minimum atomic E-state index is 0.975. The summed E-state index contributed by atoms with van der Waals surface area (Å²) in [6, 6.07) is 0. The van der Waals surface area contributed by atoms with Gasteiger partial charge >= 0.3 is 0 Å². The van der Waals surface area contributed by atoms with E-state index in [2.05, 4.69) is 38.0 Å². The summed E-state index contributed by atoms with van der Waals surface area (Å²) in [5.41, 5.74) is 1.30. The molecule has 19 heavy (non-hydrogen) atoms. The zero-order valence-corrected chi connectivity index (χ0v) is 13.8. The first kappa shape index (κ1) is 16.4. The van der Waals surface area contributed by atoms with Crippen molar-refractivity contribution in [1.82, 2.24) is 10.3 Å². The molecule has 0 aliphatic rings. The van der Waals surface area contributed by atoms with Crippen molar-refractivity contribution in [2.24, 2.45) is 0 Å². The van der Waals surface area contributed by atoms with Crippen molar-refractivity contribution in [2.75, 3.05) is 25.0 Å². The number of anilines is 1. The fourth-order valence-electron chi connectivity index (χ4n) is 1.97. The largest absolute Gasteiger partial charge is 0.351 e. The Morgan fingerprint density at radius 1 is 1.16 bits per heavy atom. The third kappa shape index (κ3) is 5.49. The number of nitrogens with zero attached hydrogens (tertiary/aromatic N) is 2. The van der Waals surface area contributed by atoms with Crippen LogP contribution in [0.3, 0.4) is 0 Å². The monoisotopic (exact) mass is 283 g/mol. The highest BCUT2D eigenvalue weighted by atomic mass is 32.1. The molecule has 1 rings (SSSR count). The molecule has 0 aliphatic carbocycles. The predicted molar refractivity (Wildman–Crippen MR) is 86.3 cm³/mol. The molecule has 0 saturated heterocycles. The van der Waals surface area contributed by atoms with Crippen molar-refractivity contribution < 1.29 is 0 Å². The van der Waals surface area contributed by atoms with Crippen molar-refractivity contribution in [3.05, 3.63) is 10.6 Å². The zero-order valence-electron chi connectivity index (χ0n) is 13.0. The van der Waals surface area contributed by atoms with Gasteiger partial charge in [0.05, 0.1) is 5.69 Å². The van der Waals surface area contributed by atoms with Crippen LogP contribution in [0.15, 0.2) is 0 Å². The number of unbranched alkanes of at least 4 members (excludes halogenated alkanes) is 1. The van der Waals surface area contributed by atoms with Gasteiger partial charge in [0.1, 0.15) is 0 Å². The molecule has 0 amide bonds. The van der Waals surface area contributed by atoms with Crippen LogP contribution < -0.4 is 10.2 Å². The third-order valence-corrected chi connectivity index (χ3v) is 4.35. The first-order valence-corrected chi connectivity index (χ1v) is 8.44. The first-order chi connectivity index (χ1) is 9.22. The van der Waals surface area contributed by atoms with E-state index in [9.17, 15) is 0 Å². The quantitative estimate of drug-likeness (QED) is 0.661. The normalized spacial score (nSPS) is 10.9. The first-order valence-electron chi connectivity index (χ1n) is 7.63. The van der Waals surface area contributed by atoms with Crippen LogP contribution in [0, 0.1) is 0 Å². The molecule has 1 aromatic heterocycles. The van der Waals surface area contributed by atoms with Crippen LogP contribution in [-0.4, -0.2) is 25.1 Å². The van der Waals surface area contributed by atoms with E-state index in [1.54, 1.807) is 0 Å². The highest BCUT2D eigenvalue weighted by Crippen LogP contribution is 2.26. The van der Waals surface area contributed by atoms with Gasteiger partial charge < -0.3 is 10.2 Å². The number of aryl methyl sites for hydroxylation is 1. The van der Waals surface area contributed by atoms with Gasteiger partial charge in [-0.15, -0.1) is 11.3 Å². The maximum Gasteiger partial charge on any atom is 0.185 e. The molecule has 0 aliphatic heterocycles. The van der Waals surface area contributed by atoms with E-state index in [1.807, 2.05) is 11.3 Å². The Labute approximate surface area is 122 Å². The molecule has 1 heterocycles. The molecule has 4 heteroatoms. The molecule has 0 fully saturated rings. The van der Waals surface area contributed by atoms with E-state index in [0.717, 1.165) is 26.1 Å². The SMILES string of the molecule is CCCCN(C)c1nc(CCC)c(CNCCC)s1. The van der Waals surface area contributed by atoms with Crippen LogP contribution in [0.25, 0.3) is 0 Å². The lowest BCUT2D eigenvalue weighted by molar-refractivity contribution is 0.674. The van der Waals surface area contributed by atoms with Gasteiger partial charge in [-0.05, 0) is 25.8 Å². The summed E-state index contributed by atoms with van der Waals surface area (Å²) in [6.45, 7) is 9.84. The van der Waals surface area contributed by atoms with Crippen LogP contribution in [0.5, 0.6) is 0 Å². The molecule has 110 valence electrons. The van der Waals surface area contributed by atoms with Crippen molar-refractivity contribution in [1.29, 1.82) is 0 Å². The molecule has 0 aromatic carbocycles. The van der Waals surface area contributed by atoms with Crippen LogP contribution >= 0.6 is 11.3 Å². The van der Waals surface area contributed by atoms with E-state index < -0.39 is 0 Å².